The van der Waals surface area contributed by atoms with Gasteiger partial charge in [-0.1, -0.05) is 12.1 Å². The van der Waals surface area contributed by atoms with Gasteiger partial charge in [-0.2, -0.15) is 4.98 Å². The number of benzene rings is 1. The first-order valence-corrected chi connectivity index (χ1v) is 3.20. The molecule has 0 aliphatic carbocycles. The van der Waals surface area contributed by atoms with Crippen molar-refractivity contribution in [1.29, 1.82) is 0 Å². The molecular formula is C8H5NO2. The van der Waals surface area contributed by atoms with Gasteiger partial charge in [0, 0.05) is 0 Å². The molecule has 0 fully saturated rings. The zero-order chi connectivity index (χ0) is 7.68. The molecule has 0 bridgehead atoms. The number of fused-ring (bicyclic) bond motifs is 1. The molecule has 1 heterocycles. The summed E-state index contributed by atoms with van der Waals surface area (Å²) in [5.41, 5.74) is 0.333. The van der Waals surface area contributed by atoms with E-state index >= 15 is 0 Å². The van der Waals surface area contributed by atoms with Crippen LogP contribution in [0.3, 0.4) is 0 Å². The normalized spacial score (nSPS) is 10.2. The lowest BCUT2D eigenvalue weighted by atomic mass is 10.3. The fourth-order valence-corrected chi connectivity index (χ4v) is 0.947. The van der Waals surface area contributed by atoms with Crippen molar-refractivity contribution in [1.82, 2.24) is 4.98 Å². The van der Waals surface area contributed by atoms with Gasteiger partial charge in [0.25, 0.3) is 5.56 Å². The highest BCUT2D eigenvalue weighted by Gasteiger charge is 1.96. The zero-order valence-corrected chi connectivity index (χ0v) is 5.65. The van der Waals surface area contributed by atoms with Gasteiger partial charge in [0.2, 0.25) is 0 Å². The van der Waals surface area contributed by atoms with Crippen LogP contribution in [0.15, 0.2) is 39.9 Å². The van der Waals surface area contributed by atoms with E-state index in [0.29, 0.717) is 11.0 Å². The molecule has 2 rings (SSSR count). The second kappa shape index (κ2) is 2.20. The number of hydrogen-bond acceptors (Lipinski definition) is 3. The average Bonchev–Trinajstić information content (AvgIpc) is 2.06. The lowest BCUT2D eigenvalue weighted by Gasteiger charge is -1.90. The quantitative estimate of drug-likeness (QED) is 0.562. The summed E-state index contributed by atoms with van der Waals surface area (Å²) in [5.74, 6) is 0. The smallest absolute Gasteiger partial charge is 0.283 e. The van der Waals surface area contributed by atoms with Crippen LogP contribution >= 0.6 is 0 Å². The summed E-state index contributed by atoms with van der Waals surface area (Å²) >= 11 is 0. The average molecular weight is 147 g/mol. The van der Waals surface area contributed by atoms with E-state index in [9.17, 15) is 4.79 Å². The van der Waals surface area contributed by atoms with E-state index in [2.05, 4.69) is 4.98 Å². The molecule has 0 atom stereocenters. The van der Waals surface area contributed by atoms with Gasteiger partial charge >= 0.3 is 0 Å². The maximum atomic E-state index is 11.0. The SMILES string of the molecule is O=c1ncoc2ccccc12. The first-order valence-electron chi connectivity index (χ1n) is 3.20. The minimum atomic E-state index is -0.244. The second-order valence-electron chi connectivity index (χ2n) is 2.15. The Balaban J connectivity index is 3.03. The third-order valence-electron chi connectivity index (χ3n) is 1.47. The molecule has 11 heavy (non-hydrogen) atoms. The van der Waals surface area contributed by atoms with Crippen LogP contribution in [0, 0.1) is 0 Å². The fourth-order valence-electron chi connectivity index (χ4n) is 0.947. The molecule has 0 saturated heterocycles. The van der Waals surface area contributed by atoms with Gasteiger partial charge in [0.1, 0.15) is 5.58 Å². The zero-order valence-electron chi connectivity index (χ0n) is 5.65. The molecule has 3 nitrogen and oxygen atoms in total. The second-order valence-corrected chi connectivity index (χ2v) is 2.15. The maximum absolute atomic E-state index is 11.0. The van der Waals surface area contributed by atoms with Gasteiger partial charge in [-0.05, 0) is 12.1 Å². The van der Waals surface area contributed by atoms with E-state index in [4.69, 9.17) is 4.42 Å². The number of nitrogens with zero attached hydrogens (tertiary/aromatic N) is 1. The summed E-state index contributed by atoms with van der Waals surface area (Å²) in [4.78, 5) is 14.5. The van der Waals surface area contributed by atoms with E-state index < -0.39 is 0 Å². The summed E-state index contributed by atoms with van der Waals surface area (Å²) in [7, 11) is 0. The number of rotatable bonds is 0. The molecule has 1 aromatic heterocycles. The van der Waals surface area contributed by atoms with Gasteiger partial charge in [0.15, 0.2) is 6.39 Å². The minimum absolute atomic E-state index is 0.244. The molecule has 0 spiro atoms. The maximum Gasteiger partial charge on any atom is 0.283 e. The molecule has 1 aromatic carbocycles. The van der Waals surface area contributed by atoms with Crippen LogP contribution in [0.2, 0.25) is 0 Å². The van der Waals surface area contributed by atoms with Crippen molar-refractivity contribution in [2.24, 2.45) is 0 Å². The summed E-state index contributed by atoms with van der Waals surface area (Å²) in [6.45, 7) is 0. The Hall–Kier alpha value is -1.64. The first kappa shape index (κ1) is 6.09. The lowest BCUT2D eigenvalue weighted by molar-refractivity contribution is 0.576. The molecule has 3 heteroatoms. The van der Waals surface area contributed by atoms with Gasteiger partial charge in [-0.15, -0.1) is 0 Å². The Labute approximate surface area is 62.3 Å². The summed E-state index contributed by atoms with van der Waals surface area (Å²) in [6, 6.07) is 7.01. The molecule has 0 amide bonds. The standard InChI is InChI=1S/C8H5NO2/c10-8-6-3-1-2-4-7(6)11-5-9-8/h1-5H. The largest absolute Gasteiger partial charge is 0.445 e. The first-order chi connectivity index (χ1) is 5.38. The molecule has 0 radical (unpaired) electrons. The lowest BCUT2D eigenvalue weighted by Crippen LogP contribution is -2.03. The Kier molecular flexibility index (Phi) is 1.22. The van der Waals surface area contributed by atoms with Crippen molar-refractivity contribution < 1.29 is 4.42 Å². The van der Waals surface area contributed by atoms with Gasteiger partial charge < -0.3 is 4.42 Å². The van der Waals surface area contributed by atoms with Crippen molar-refractivity contribution in [3.8, 4) is 0 Å². The fraction of sp³-hybridized carbons (Fsp3) is 0. The monoisotopic (exact) mass is 147 g/mol. The molecule has 54 valence electrons. The van der Waals surface area contributed by atoms with Crippen LogP contribution in [-0.2, 0) is 0 Å². The molecule has 0 aliphatic rings. The van der Waals surface area contributed by atoms with Gasteiger partial charge in [-0.3, -0.25) is 4.79 Å². The van der Waals surface area contributed by atoms with Crippen LogP contribution < -0.4 is 5.56 Å². The van der Waals surface area contributed by atoms with E-state index in [1.54, 1.807) is 18.2 Å². The summed E-state index contributed by atoms with van der Waals surface area (Å²) < 4.78 is 4.98. The number of aromatic nitrogens is 1. The van der Waals surface area contributed by atoms with Gasteiger partial charge in [-0.25, -0.2) is 0 Å². The number of para-hydroxylation sites is 1. The van der Waals surface area contributed by atoms with Crippen molar-refractivity contribution >= 4 is 11.0 Å². The van der Waals surface area contributed by atoms with Crippen LogP contribution in [0.4, 0.5) is 0 Å². The van der Waals surface area contributed by atoms with Crippen LogP contribution in [0.25, 0.3) is 11.0 Å². The Morgan fingerprint density at radius 3 is 2.91 bits per heavy atom. The summed E-state index contributed by atoms with van der Waals surface area (Å²) in [5, 5.41) is 0.523. The van der Waals surface area contributed by atoms with E-state index in [1.807, 2.05) is 6.07 Å². The summed E-state index contributed by atoms with van der Waals surface area (Å²) in [6.07, 6.45) is 1.16. The highest BCUT2D eigenvalue weighted by molar-refractivity contribution is 5.74. The highest BCUT2D eigenvalue weighted by atomic mass is 16.3. The Morgan fingerprint density at radius 1 is 1.27 bits per heavy atom. The Morgan fingerprint density at radius 2 is 2.09 bits per heavy atom. The molecular weight excluding hydrogens is 142 g/mol. The van der Waals surface area contributed by atoms with E-state index in [-0.39, 0.29) is 5.56 Å². The topological polar surface area (TPSA) is 43.1 Å². The third-order valence-corrected chi connectivity index (χ3v) is 1.47. The van der Waals surface area contributed by atoms with Crippen LogP contribution in [-0.4, -0.2) is 4.98 Å². The van der Waals surface area contributed by atoms with E-state index in [1.165, 1.54) is 0 Å². The van der Waals surface area contributed by atoms with Crippen LogP contribution in [0.5, 0.6) is 0 Å². The Bertz CT molecular complexity index is 428. The van der Waals surface area contributed by atoms with Crippen molar-refractivity contribution in [2.45, 2.75) is 0 Å². The van der Waals surface area contributed by atoms with Crippen molar-refractivity contribution in [2.75, 3.05) is 0 Å². The van der Waals surface area contributed by atoms with Crippen molar-refractivity contribution in [3.63, 3.8) is 0 Å². The molecule has 0 saturated carbocycles. The minimum Gasteiger partial charge on any atom is -0.445 e. The third kappa shape index (κ3) is 0.902. The predicted molar refractivity (Wildman–Crippen MR) is 40.3 cm³/mol. The van der Waals surface area contributed by atoms with E-state index in [0.717, 1.165) is 6.39 Å². The van der Waals surface area contributed by atoms with Crippen LogP contribution in [0.1, 0.15) is 0 Å². The predicted octanol–water partition coefficient (Wildman–Crippen LogP) is 1.19. The molecule has 2 aromatic rings. The molecule has 0 N–H and O–H groups in total. The van der Waals surface area contributed by atoms with Gasteiger partial charge in [0.05, 0.1) is 5.39 Å². The molecule has 0 aliphatic heterocycles. The number of hydrogen-bond donors (Lipinski definition) is 0. The highest BCUT2D eigenvalue weighted by Crippen LogP contribution is 2.05. The van der Waals surface area contributed by atoms with Crippen molar-refractivity contribution in [3.05, 3.63) is 41.0 Å². The molecule has 0 unspecified atom stereocenters.